The van der Waals surface area contributed by atoms with Crippen LogP contribution in [0.5, 0.6) is 5.75 Å². The monoisotopic (exact) mass is 460 g/mol. The molecule has 11 heteroatoms. The zero-order chi connectivity index (χ0) is 23.1. The molecule has 0 radical (unpaired) electrons. The molecule has 0 fully saturated rings. The van der Waals surface area contributed by atoms with Gasteiger partial charge in [0.2, 0.25) is 15.9 Å². The fourth-order valence-electron chi connectivity index (χ4n) is 2.59. The molecule has 1 amide bonds. The Bertz CT molecular complexity index is 993. The van der Waals surface area contributed by atoms with Gasteiger partial charge < -0.3 is 14.8 Å². The van der Waals surface area contributed by atoms with Crippen molar-refractivity contribution in [2.75, 3.05) is 32.7 Å². The number of hydrogen-bond acceptors (Lipinski definition) is 5. The topological polar surface area (TPSA) is 93.7 Å². The van der Waals surface area contributed by atoms with Crippen LogP contribution in [0.4, 0.5) is 18.9 Å². The smallest absolute Gasteiger partial charge is 0.416 e. The number of rotatable bonds is 10. The zero-order valence-corrected chi connectivity index (χ0v) is 17.8. The first-order chi connectivity index (χ1) is 14.6. The van der Waals surface area contributed by atoms with Crippen LogP contribution in [-0.2, 0) is 32.2 Å². The Balaban J connectivity index is 2.07. The van der Waals surface area contributed by atoms with Crippen LogP contribution < -0.4 is 14.8 Å². The third kappa shape index (κ3) is 7.23. The Kier molecular flexibility index (Phi) is 8.43. The Hall–Kier alpha value is -2.63. The van der Waals surface area contributed by atoms with Gasteiger partial charge in [-0.05, 0) is 49.4 Å². The van der Waals surface area contributed by atoms with Gasteiger partial charge in [0.05, 0.1) is 22.8 Å². The number of halogens is 3. The van der Waals surface area contributed by atoms with E-state index in [0.717, 1.165) is 18.2 Å². The number of benzene rings is 2. The van der Waals surface area contributed by atoms with Gasteiger partial charge in [-0.2, -0.15) is 13.2 Å². The molecule has 0 heterocycles. The number of amides is 1. The van der Waals surface area contributed by atoms with Crippen LogP contribution in [0.3, 0.4) is 0 Å². The second kappa shape index (κ2) is 10.6. The highest BCUT2D eigenvalue weighted by molar-refractivity contribution is 7.89. The largest absolute Gasteiger partial charge is 0.489 e. The highest BCUT2D eigenvalue weighted by Crippen LogP contribution is 2.35. The van der Waals surface area contributed by atoms with Crippen molar-refractivity contribution in [2.24, 2.45) is 0 Å². The Morgan fingerprint density at radius 1 is 1.06 bits per heavy atom. The van der Waals surface area contributed by atoms with Crippen molar-refractivity contribution < 1.29 is 35.9 Å². The van der Waals surface area contributed by atoms with Crippen molar-refractivity contribution in [3.05, 3.63) is 53.6 Å². The van der Waals surface area contributed by atoms with E-state index in [2.05, 4.69) is 10.0 Å². The molecule has 0 aliphatic heterocycles. The molecule has 0 aromatic heterocycles. The lowest BCUT2D eigenvalue weighted by Gasteiger charge is -2.15. The lowest BCUT2D eigenvalue weighted by atomic mass is 10.1. The quantitative estimate of drug-likeness (QED) is 0.531. The average Bonchev–Trinajstić information content (AvgIpc) is 2.73. The van der Waals surface area contributed by atoms with E-state index in [4.69, 9.17) is 9.47 Å². The van der Waals surface area contributed by atoms with Crippen molar-refractivity contribution >= 4 is 21.6 Å². The molecular weight excluding hydrogens is 437 g/mol. The molecule has 0 aliphatic carbocycles. The van der Waals surface area contributed by atoms with Crippen LogP contribution in [0.15, 0.2) is 47.4 Å². The second-order valence-electron chi connectivity index (χ2n) is 6.45. The summed E-state index contributed by atoms with van der Waals surface area (Å²) in [5.41, 5.74) is -0.305. The van der Waals surface area contributed by atoms with E-state index in [0.29, 0.717) is 5.56 Å². The Morgan fingerprint density at radius 3 is 2.32 bits per heavy atom. The lowest BCUT2D eigenvalue weighted by molar-refractivity contribution is -0.137. The number of ether oxygens (including phenoxy) is 2. The highest BCUT2D eigenvalue weighted by Gasteiger charge is 2.31. The summed E-state index contributed by atoms with van der Waals surface area (Å²) in [7, 11) is -0.804. The summed E-state index contributed by atoms with van der Waals surface area (Å²) < 4.78 is 75.0. The third-order valence-corrected chi connectivity index (χ3v) is 5.70. The summed E-state index contributed by atoms with van der Waals surface area (Å²) >= 11 is 0. The minimum absolute atomic E-state index is 0.0219. The van der Waals surface area contributed by atoms with Crippen LogP contribution >= 0.6 is 0 Å². The number of carbonyl (C=O) groups is 1. The van der Waals surface area contributed by atoms with Crippen LogP contribution in [0.2, 0.25) is 0 Å². The Labute approximate surface area is 178 Å². The first kappa shape index (κ1) is 24.6. The van der Waals surface area contributed by atoms with E-state index in [9.17, 15) is 26.4 Å². The van der Waals surface area contributed by atoms with E-state index in [1.165, 1.54) is 26.3 Å². The van der Waals surface area contributed by atoms with Gasteiger partial charge in [-0.3, -0.25) is 4.79 Å². The van der Waals surface area contributed by atoms with Crippen molar-refractivity contribution in [3.63, 3.8) is 0 Å². The number of nitrogens with one attached hydrogen (secondary N) is 2. The molecule has 170 valence electrons. The average molecular weight is 460 g/mol. The molecule has 7 nitrogen and oxygen atoms in total. The van der Waals surface area contributed by atoms with E-state index in [1.807, 2.05) is 0 Å². The fourth-order valence-corrected chi connectivity index (χ4v) is 3.32. The molecule has 2 aromatic rings. The molecule has 0 aliphatic rings. The van der Waals surface area contributed by atoms with E-state index >= 15 is 0 Å². The maximum Gasteiger partial charge on any atom is 0.416 e. The van der Waals surface area contributed by atoms with Crippen molar-refractivity contribution in [1.29, 1.82) is 0 Å². The summed E-state index contributed by atoms with van der Waals surface area (Å²) in [4.78, 5) is 12.4. The predicted octanol–water partition coefficient (Wildman–Crippen LogP) is 3.21. The van der Waals surface area contributed by atoms with Crippen LogP contribution in [-0.4, -0.2) is 41.7 Å². The molecule has 0 unspecified atom stereocenters. The first-order valence-electron chi connectivity index (χ1n) is 9.22. The number of aryl methyl sites for hydroxylation is 1. The standard InChI is InChI=1S/C20H23F3N2O5S/c1-24-31(27,28)16-7-3-14(4-8-16)5-10-19(26)25-17-13-15(20(21,22)23)6-9-18(17)30-12-11-29-2/h3-4,6-9,13,24H,5,10-12H2,1-2H3,(H,25,26). The molecule has 31 heavy (non-hydrogen) atoms. The molecule has 0 bridgehead atoms. The third-order valence-electron chi connectivity index (χ3n) is 4.27. The molecule has 2 N–H and O–H groups in total. The molecule has 0 saturated heterocycles. The molecule has 2 rings (SSSR count). The molecule has 2 aromatic carbocycles. The number of sulfonamides is 1. The Morgan fingerprint density at radius 2 is 1.74 bits per heavy atom. The van der Waals surface area contributed by atoms with E-state index in [-0.39, 0.29) is 42.4 Å². The number of methoxy groups -OCH3 is 1. The van der Waals surface area contributed by atoms with Crippen LogP contribution in [0.25, 0.3) is 0 Å². The minimum Gasteiger partial charge on any atom is -0.489 e. The number of anilines is 1. The summed E-state index contributed by atoms with van der Waals surface area (Å²) in [5.74, 6) is -0.414. The lowest BCUT2D eigenvalue weighted by Crippen LogP contribution is -2.18. The first-order valence-corrected chi connectivity index (χ1v) is 10.7. The summed E-state index contributed by atoms with van der Waals surface area (Å²) in [6, 6.07) is 8.80. The van der Waals surface area contributed by atoms with Gasteiger partial charge in [0.15, 0.2) is 0 Å². The van der Waals surface area contributed by atoms with E-state index in [1.54, 1.807) is 12.1 Å². The SMILES string of the molecule is CNS(=O)(=O)c1ccc(CCC(=O)Nc2cc(C(F)(F)F)ccc2OCCOC)cc1. The fraction of sp³-hybridized carbons (Fsp3) is 0.350. The normalized spacial score (nSPS) is 11.9. The number of hydrogen-bond donors (Lipinski definition) is 2. The van der Waals surface area contributed by atoms with Gasteiger partial charge >= 0.3 is 6.18 Å². The van der Waals surface area contributed by atoms with Gasteiger partial charge in [-0.25, -0.2) is 13.1 Å². The van der Waals surface area contributed by atoms with Gasteiger partial charge in [0, 0.05) is 13.5 Å². The van der Waals surface area contributed by atoms with Crippen LogP contribution in [0.1, 0.15) is 17.5 Å². The van der Waals surface area contributed by atoms with Crippen molar-refractivity contribution in [3.8, 4) is 5.75 Å². The van der Waals surface area contributed by atoms with Gasteiger partial charge in [-0.15, -0.1) is 0 Å². The summed E-state index contributed by atoms with van der Waals surface area (Å²) in [6.45, 7) is 0.334. The zero-order valence-electron chi connectivity index (χ0n) is 17.0. The van der Waals surface area contributed by atoms with Gasteiger partial charge in [-0.1, -0.05) is 12.1 Å². The maximum absolute atomic E-state index is 13.0. The summed E-state index contributed by atoms with van der Waals surface area (Å²) in [5, 5.41) is 2.45. The highest BCUT2D eigenvalue weighted by atomic mass is 32.2. The molecular formula is C20H23F3N2O5S. The molecule has 0 saturated carbocycles. The maximum atomic E-state index is 13.0. The van der Waals surface area contributed by atoms with Crippen molar-refractivity contribution in [1.82, 2.24) is 4.72 Å². The number of alkyl halides is 3. The molecule has 0 atom stereocenters. The number of carbonyl (C=O) groups excluding carboxylic acids is 1. The van der Waals surface area contributed by atoms with Gasteiger partial charge in [0.25, 0.3) is 0 Å². The second-order valence-corrected chi connectivity index (χ2v) is 8.34. The predicted molar refractivity (Wildman–Crippen MR) is 108 cm³/mol. The minimum atomic E-state index is -4.57. The molecule has 0 spiro atoms. The van der Waals surface area contributed by atoms with Crippen LogP contribution in [0, 0.1) is 0 Å². The van der Waals surface area contributed by atoms with Crippen molar-refractivity contribution in [2.45, 2.75) is 23.9 Å². The van der Waals surface area contributed by atoms with Gasteiger partial charge in [0.1, 0.15) is 12.4 Å². The van der Waals surface area contributed by atoms with E-state index < -0.39 is 27.7 Å². The summed E-state index contributed by atoms with van der Waals surface area (Å²) in [6.07, 6.45) is -4.32.